The van der Waals surface area contributed by atoms with Crippen LogP contribution in [0.25, 0.3) is 0 Å². The van der Waals surface area contributed by atoms with Gasteiger partial charge in [0.05, 0.1) is 12.7 Å². The molecule has 26 heavy (non-hydrogen) atoms. The van der Waals surface area contributed by atoms with Crippen molar-refractivity contribution in [3.63, 3.8) is 0 Å². The lowest BCUT2D eigenvalue weighted by molar-refractivity contribution is 0.0994. The Balaban J connectivity index is 2.10. The van der Waals surface area contributed by atoms with Crippen LogP contribution in [0, 0.1) is 18.7 Å². The van der Waals surface area contributed by atoms with Gasteiger partial charge >= 0.3 is 0 Å². The summed E-state index contributed by atoms with van der Waals surface area (Å²) < 4.78 is 21.0. The highest BCUT2D eigenvalue weighted by molar-refractivity contribution is 7.09. The number of ether oxygens (including phenoxy) is 1. The lowest BCUT2D eigenvalue weighted by atomic mass is 9.93. The van der Waals surface area contributed by atoms with Crippen molar-refractivity contribution in [2.45, 2.75) is 52.5 Å². The molecule has 2 aromatic rings. The molecule has 1 saturated carbocycles. The van der Waals surface area contributed by atoms with Gasteiger partial charge in [-0.25, -0.2) is 4.39 Å². The number of carbonyl (C=O) groups is 1. The molecule has 0 radical (unpaired) electrons. The van der Waals surface area contributed by atoms with Crippen molar-refractivity contribution in [1.82, 2.24) is 4.57 Å². The van der Waals surface area contributed by atoms with Crippen LogP contribution < -0.4 is 9.54 Å². The molecule has 1 aliphatic carbocycles. The largest absolute Gasteiger partial charge is 0.496 e. The van der Waals surface area contributed by atoms with E-state index in [0.717, 1.165) is 12.2 Å². The van der Waals surface area contributed by atoms with E-state index in [0.29, 0.717) is 16.5 Å². The summed E-state index contributed by atoms with van der Waals surface area (Å²) in [5.74, 6) is 0.0349. The molecule has 1 aromatic carbocycles. The first-order chi connectivity index (χ1) is 12.2. The van der Waals surface area contributed by atoms with Crippen LogP contribution in [0.15, 0.2) is 23.2 Å². The minimum absolute atomic E-state index is 0.0204. The van der Waals surface area contributed by atoms with Gasteiger partial charge in [0, 0.05) is 17.1 Å². The maximum absolute atomic E-state index is 13.6. The van der Waals surface area contributed by atoms with E-state index < -0.39 is 11.7 Å². The predicted molar refractivity (Wildman–Crippen MR) is 101 cm³/mol. The summed E-state index contributed by atoms with van der Waals surface area (Å²) in [6.07, 6.45) is 2.44. The molecule has 6 heteroatoms. The minimum Gasteiger partial charge on any atom is -0.496 e. The van der Waals surface area contributed by atoms with Crippen LogP contribution in [0.2, 0.25) is 0 Å². The molecule has 140 valence electrons. The highest BCUT2D eigenvalue weighted by Gasteiger charge is 2.27. The van der Waals surface area contributed by atoms with Crippen molar-refractivity contribution in [2.75, 3.05) is 7.11 Å². The van der Waals surface area contributed by atoms with Crippen LogP contribution in [0.4, 0.5) is 4.39 Å². The number of halogens is 1. The number of benzene rings is 1. The molecule has 1 heterocycles. The first-order valence-corrected chi connectivity index (χ1v) is 9.65. The normalized spacial score (nSPS) is 15.4. The van der Waals surface area contributed by atoms with Crippen LogP contribution in [-0.4, -0.2) is 17.6 Å². The van der Waals surface area contributed by atoms with E-state index in [1.807, 2.05) is 0 Å². The van der Waals surface area contributed by atoms with Gasteiger partial charge in [-0.15, -0.1) is 11.3 Å². The van der Waals surface area contributed by atoms with E-state index in [2.05, 4.69) is 37.3 Å². The lowest BCUT2D eigenvalue weighted by Gasteiger charge is -2.17. The Kier molecular flexibility index (Phi) is 5.06. The number of hydrogen-bond donors (Lipinski definition) is 0. The molecule has 0 bridgehead atoms. The van der Waals surface area contributed by atoms with Crippen LogP contribution in [0.5, 0.6) is 5.75 Å². The van der Waals surface area contributed by atoms with Gasteiger partial charge in [0.25, 0.3) is 5.91 Å². The summed E-state index contributed by atoms with van der Waals surface area (Å²) in [5, 5.41) is 0. The summed E-state index contributed by atoms with van der Waals surface area (Å²) >= 11 is 1.54. The number of thiazole rings is 1. The van der Waals surface area contributed by atoms with Crippen molar-refractivity contribution in [1.29, 1.82) is 0 Å². The second kappa shape index (κ2) is 6.99. The molecule has 3 rings (SSSR count). The van der Waals surface area contributed by atoms with Crippen molar-refractivity contribution >= 4 is 17.2 Å². The maximum atomic E-state index is 13.6. The maximum Gasteiger partial charge on any atom is 0.283 e. The number of methoxy groups -OCH3 is 1. The Bertz CT molecular complexity index is 902. The zero-order chi connectivity index (χ0) is 19.1. The van der Waals surface area contributed by atoms with E-state index in [4.69, 9.17) is 4.74 Å². The van der Waals surface area contributed by atoms with Gasteiger partial charge in [0.15, 0.2) is 4.80 Å². The minimum atomic E-state index is -0.479. The Morgan fingerprint density at radius 3 is 2.65 bits per heavy atom. The van der Waals surface area contributed by atoms with Crippen molar-refractivity contribution in [3.05, 3.63) is 45.0 Å². The topological polar surface area (TPSA) is 43.6 Å². The molecule has 0 N–H and O–H groups in total. The first-order valence-electron chi connectivity index (χ1n) is 8.84. The fourth-order valence-corrected chi connectivity index (χ4v) is 4.23. The van der Waals surface area contributed by atoms with Crippen molar-refractivity contribution in [2.24, 2.45) is 10.9 Å². The molecular weight excluding hydrogens is 351 g/mol. The Labute approximate surface area is 157 Å². The molecule has 0 atom stereocenters. The zero-order valence-corrected chi connectivity index (χ0v) is 16.7. The fourth-order valence-electron chi connectivity index (χ4n) is 3.03. The number of carbonyl (C=O) groups excluding carboxylic acids is 1. The van der Waals surface area contributed by atoms with Gasteiger partial charge in [0.1, 0.15) is 11.6 Å². The van der Waals surface area contributed by atoms with E-state index in [1.54, 1.807) is 11.3 Å². The second-order valence-corrected chi connectivity index (χ2v) is 8.84. The smallest absolute Gasteiger partial charge is 0.283 e. The Morgan fingerprint density at radius 2 is 2.08 bits per heavy atom. The van der Waals surface area contributed by atoms with Crippen molar-refractivity contribution in [3.8, 4) is 5.75 Å². The van der Waals surface area contributed by atoms with Gasteiger partial charge < -0.3 is 9.30 Å². The standard InChI is InChI=1S/C20H25FN2O2S/c1-12-17(20(2,3)4)26-19(23(12)11-13-6-7-13)22-18(24)15-10-14(21)8-9-16(15)25-5/h8-10,13H,6-7,11H2,1-5H3/b22-19-. The Hall–Kier alpha value is -1.95. The Morgan fingerprint density at radius 1 is 1.38 bits per heavy atom. The van der Waals surface area contributed by atoms with Crippen molar-refractivity contribution < 1.29 is 13.9 Å². The van der Waals surface area contributed by atoms with Gasteiger partial charge in [0.2, 0.25) is 0 Å². The average molecular weight is 376 g/mol. The summed E-state index contributed by atoms with van der Waals surface area (Å²) in [5.41, 5.74) is 1.29. The average Bonchev–Trinajstić information content (AvgIpc) is 3.33. The highest BCUT2D eigenvalue weighted by Crippen LogP contribution is 2.33. The molecular formula is C20H25FN2O2S. The first kappa shape index (κ1) is 18.8. The zero-order valence-electron chi connectivity index (χ0n) is 15.9. The summed E-state index contributed by atoms with van der Waals surface area (Å²) in [6.45, 7) is 9.45. The number of rotatable bonds is 4. The molecule has 1 aromatic heterocycles. The number of nitrogens with zero attached hydrogens (tertiary/aromatic N) is 2. The monoisotopic (exact) mass is 376 g/mol. The van der Waals surface area contributed by atoms with E-state index >= 15 is 0 Å². The molecule has 1 amide bonds. The summed E-state index contributed by atoms with van der Waals surface area (Å²) in [6, 6.07) is 3.91. The molecule has 0 aliphatic heterocycles. The molecule has 0 spiro atoms. The molecule has 0 unspecified atom stereocenters. The van der Waals surface area contributed by atoms with Gasteiger partial charge in [-0.1, -0.05) is 20.8 Å². The lowest BCUT2D eigenvalue weighted by Crippen LogP contribution is -2.20. The number of hydrogen-bond acceptors (Lipinski definition) is 3. The second-order valence-electron chi connectivity index (χ2n) is 7.86. The highest BCUT2D eigenvalue weighted by atomic mass is 32.1. The molecule has 1 fully saturated rings. The third-order valence-electron chi connectivity index (χ3n) is 4.57. The molecule has 1 aliphatic rings. The van der Waals surface area contributed by atoms with Crippen LogP contribution in [0.1, 0.15) is 54.5 Å². The number of aromatic nitrogens is 1. The van der Waals surface area contributed by atoms with E-state index in [1.165, 1.54) is 43.0 Å². The number of amides is 1. The van der Waals surface area contributed by atoms with E-state index in [-0.39, 0.29) is 11.0 Å². The van der Waals surface area contributed by atoms with Crippen LogP contribution in [0.3, 0.4) is 0 Å². The SMILES string of the molecule is COc1ccc(F)cc1C(=O)/N=c1\sc(C(C)(C)C)c(C)n1CC1CC1. The quantitative estimate of drug-likeness (QED) is 0.791. The molecule has 0 saturated heterocycles. The van der Waals surface area contributed by atoms with Crippen LogP contribution >= 0.6 is 11.3 Å². The van der Waals surface area contributed by atoms with Gasteiger partial charge in [-0.2, -0.15) is 4.99 Å². The summed E-state index contributed by atoms with van der Waals surface area (Å²) in [4.78, 5) is 19.0. The summed E-state index contributed by atoms with van der Waals surface area (Å²) in [7, 11) is 1.46. The van der Waals surface area contributed by atoms with Crippen LogP contribution in [-0.2, 0) is 12.0 Å². The third-order valence-corrected chi connectivity index (χ3v) is 6.17. The predicted octanol–water partition coefficient (Wildman–Crippen LogP) is 4.45. The third kappa shape index (κ3) is 3.90. The van der Waals surface area contributed by atoms with Gasteiger partial charge in [-0.3, -0.25) is 4.79 Å². The van der Waals surface area contributed by atoms with E-state index in [9.17, 15) is 9.18 Å². The van der Waals surface area contributed by atoms with Gasteiger partial charge in [-0.05, 0) is 49.3 Å². The fraction of sp³-hybridized carbons (Fsp3) is 0.500. The molecule has 4 nitrogen and oxygen atoms in total.